The van der Waals surface area contributed by atoms with Gasteiger partial charge in [0.2, 0.25) is 0 Å². The number of benzene rings is 3. The molecule has 1 amide bonds. The molecule has 3 N–H and O–H groups in total. The predicted octanol–water partition coefficient (Wildman–Crippen LogP) is 3.48. The Balaban J connectivity index is 1.31. The molecule has 4 aromatic rings. The minimum absolute atomic E-state index is 0.0545. The van der Waals surface area contributed by atoms with Gasteiger partial charge in [0.1, 0.15) is 5.82 Å². The van der Waals surface area contributed by atoms with Gasteiger partial charge in [-0.25, -0.2) is 4.98 Å². The first-order chi connectivity index (χ1) is 17.1. The lowest BCUT2D eigenvalue weighted by molar-refractivity contribution is 0.102. The van der Waals surface area contributed by atoms with Gasteiger partial charge < -0.3 is 15.2 Å². The van der Waals surface area contributed by atoms with Crippen LogP contribution in [0.3, 0.4) is 0 Å². The summed E-state index contributed by atoms with van der Waals surface area (Å²) in [5, 5.41) is 13.3. The zero-order chi connectivity index (χ0) is 24.5. The van der Waals surface area contributed by atoms with Gasteiger partial charge in [0.15, 0.2) is 5.82 Å². The zero-order valence-electron chi connectivity index (χ0n) is 19.1. The number of amides is 1. The fourth-order valence-electron chi connectivity index (χ4n) is 3.56. The van der Waals surface area contributed by atoms with Gasteiger partial charge in [0.05, 0.1) is 0 Å². The Hall–Kier alpha value is -3.66. The number of nitrogens with one attached hydrogen (secondary N) is 3. The first-order valence-corrected chi connectivity index (χ1v) is 12.5. The molecule has 1 aromatic heterocycles. The zero-order valence-corrected chi connectivity index (χ0v) is 19.9. The van der Waals surface area contributed by atoms with E-state index in [4.69, 9.17) is 0 Å². The Morgan fingerprint density at radius 2 is 1.71 bits per heavy atom. The molecule has 1 heterocycles. The van der Waals surface area contributed by atoms with Crippen LogP contribution in [0.15, 0.2) is 78.9 Å². The van der Waals surface area contributed by atoms with Crippen LogP contribution in [0.1, 0.15) is 27.3 Å². The number of aromatic amines is 1. The van der Waals surface area contributed by atoms with E-state index >= 15 is 0 Å². The molecule has 0 aliphatic rings. The van der Waals surface area contributed by atoms with E-state index in [1.54, 1.807) is 18.2 Å². The van der Waals surface area contributed by atoms with E-state index in [0.717, 1.165) is 29.8 Å². The van der Waals surface area contributed by atoms with Crippen LogP contribution in [0.25, 0.3) is 11.4 Å². The lowest BCUT2D eigenvalue weighted by atomic mass is 10.1. The molecule has 9 heteroatoms. The van der Waals surface area contributed by atoms with Crippen LogP contribution in [0.4, 0.5) is 5.69 Å². The van der Waals surface area contributed by atoms with Crippen LogP contribution >= 0.6 is 0 Å². The molecule has 0 radical (unpaired) electrons. The summed E-state index contributed by atoms with van der Waals surface area (Å²) in [4.78, 5) is 17.3. The molecule has 35 heavy (non-hydrogen) atoms. The van der Waals surface area contributed by atoms with Crippen LogP contribution in [0, 0.1) is 0 Å². The van der Waals surface area contributed by atoms with Crippen molar-refractivity contribution in [1.82, 2.24) is 20.5 Å². The number of nitrogens with zero attached hydrogens (tertiary/aromatic N) is 2. The van der Waals surface area contributed by atoms with Gasteiger partial charge in [-0.15, -0.1) is 0 Å². The summed E-state index contributed by atoms with van der Waals surface area (Å²) < 4.78 is 21.2. The van der Waals surface area contributed by atoms with Crippen molar-refractivity contribution in [2.45, 2.75) is 19.4 Å². The maximum absolute atomic E-state index is 12.7. The van der Waals surface area contributed by atoms with Crippen molar-refractivity contribution in [2.75, 3.05) is 17.6 Å². The van der Waals surface area contributed by atoms with Gasteiger partial charge in [-0.2, -0.15) is 5.10 Å². The topological polar surface area (TPSA) is 123 Å². The number of rotatable bonds is 11. The largest absolute Gasteiger partial charge is 0.772 e. The highest BCUT2D eigenvalue weighted by molar-refractivity contribution is 7.79. The molecule has 4 rings (SSSR count). The maximum Gasteiger partial charge on any atom is 0.255 e. The molecule has 1 atom stereocenters. The Kier molecular flexibility index (Phi) is 8.50. The fraction of sp³-hybridized carbons (Fsp3) is 0.192. The summed E-state index contributed by atoms with van der Waals surface area (Å²) in [6.07, 6.45) is 1.66. The number of aryl methyl sites for hydroxylation is 2. The van der Waals surface area contributed by atoms with Crippen molar-refractivity contribution >= 4 is 22.7 Å². The summed E-state index contributed by atoms with van der Waals surface area (Å²) in [6, 6.07) is 24.9. The van der Waals surface area contributed by atoms with Gasteiger partial charge >= 0.3 is 0 Å². The lowest BCUT2D eigenvalue weighted by Crippen LogP contribution is -2.20. The van der Waals surface area contributed by atoms with E-state index in [2.05, 4.69) is 37.9 Å². The second-order valence-corrected chi connectivity index (χ2v) is 9.02. The number of hydrogen-bond acceptors (Lipinski definition) is 6. The number of H-pyrrole nitrogens is 1. The Bertz CT molecular complexity index is 1280. The molecule has 0 saturated heterocycles. The Morgan fingerprint density at radius 1 is 0.943 bits per heavy atom. The van der Waals surface area contributed by atoms with E-state index < -0.39 is 11.1 Å². The number of carbonyl (C=O) groups is 1. The minimum Gasteiger partial charge on any atom is -0.772 e. The second kappa shape index (κ2) is 12.2. The first kappa shape index (κ1) is 24.5. The summed E-state index contributed by atoms with van der Waals surface area (Å²) in [5.74, 6) is 1.28. The molecular weight excluding hydrogens is 462 g/mol. The molecule has 0 fully saturated rings. The van der Waals surface area contributed by atoms with E-state index in [1.165, 1.54) is 5.56 Å². The van der Waals surface area contributed by atoms with E-state index in [-0.39, 0.29) is 11.7 Å². The normalized spacial score (nSPS) is 11.8. The van der Waals surface area contributed by atoms with Crippen molar-refractivity contribution in [3.8, 4) is 11.4 Å². The molecule has 1 unspecified atom stereocenters. The smallest absolute Gasteiger partial charge is 0.255 e. The number of aromatic nitrogens is 3. The highest BCUT2D eigenvalue weighted by Gasteiger charge is 2.09. The van der Waals surface area contributed by atoms with Crippen molar-refractivity contribution in [3.05, 3.63) is 101 Å². The van der Waals surface area contributed by atoms with E-state index in [1.807, 2.05) is 48.5 Å². The number of carbonyl (C=O) groups excluding carboxylic acids is 1. The summed E-state index contributed by atoms with van der Waals surface area (Å²) >= 11 is -2.07. The average molecular weight is 489 g/mol. The van der Waals surface area contributed by atoms with Crippen LogP contribution in [0.5, 0.6) is 0 Å². The summed E-state index contributed by atoms with van der Waals surface area (Å²) in [5.41, 5.74) is 4.21. The third kappa shape index (κ3) is 7.41. The van der Waals surface area contributed by atoms with Crippen molar-refractivity contribution in [1.29, 1.82) is 0 Å². The maximum atomic E-state index is 12.7. The highest BCUT2D eigenvalue weighted by Crippen LogP contribution is 2.19. The summed E-state index contributed by atoms with van der Waals surface area (Å²) in [7, 11) is 0. The van der Waals surface area contributed by atoms with Crippen LogP contribution in [0.2, 0.25) is 0 Å². The van der Waals surface area contributed by atoms with Gasteiger partial charge in [-0.1, -0.05) is 53.5 Å². The van der Waals surface area contributed by atoms with Crippen molar-refractivity contribution < 1.29 is 13.6 Å². The van der Waals surface area contributed by atoms with Crippen LogP contribution < -0.4 is 10.6 Å². The molecule has 0 aliphatic heterocycles. The molecule has 0 aliphatic carbocycles. The van der Waals surface area contributed by atoms with Crippen LogP contribution in [-0.2, 0) is 30.5 Å². The molecule has 3 aromatic carbocycles. The molecule has 180 valence electrons. The molecule has 8 nitrogen and oxygen atoms in total. The molecular formula is C26H26N5O3S-. The van der Waals surface area contributed by atoms with E-state index in [9.17, 15) is 13.6 Å². The Labute approximate surface area is 206 Å². The SMILES string of the molecule is O=C(Nc1ccc(-c2n[nH]c(CCc3ccccc3)n2)cc1)c1cccc(CNCCS(=O)[O-])c1. The van der Waals surface area contributed by atoms with Crippen molar-refractivity contribution in [2.24, 2.45) is 0 Å². The predicted molar refractivity (Wildman–Crippen MR) is 136 cm³/mol. The summed E-state index contributed by atoms with van der Waals surface area (Å²) in [6.45, 7) is 0.843. The molecule has 0 saturated carbocycles. The molecule has 0 spiro atoms. The van der Waals surface area contributed by atoms with Gasteiger partial charge in [0, 0.05) is 42.1 Å². The first-order valence-electron chi connectivity index (χ1n) is 11.3. The van der Waals surface area contributed by atoms with Gasteiger partial charge in [-0.3, -0.25) is 14.1 Å². The number of hydrogen-bond donors (Lipinski definition) is 3. The standard InChI is InChI=1S/C26H27N5O3S/c32-26(22-8-4-7-20(17-22)18-27-15-16-35(33)34)28-23-12-10-21(11-13-23)25-29-24(30-31-25)14-9-19-5-2-1-3-6-19/h1-8,10-13,17,27H,9,14-16,18H2,(H,28,32)(H,33,34)(H,29,30,31)/p-1. The quantitative estimate of drug-likeness (QED) is 0.219. The Morgan fingerprint density at radius 3 is 2.49 bits per heavy atom. The van der Waals surface area contributed by atoms with E-state index in [0.29, 0.717) is 30.2 Å². The third-order valence-corrected chi connectivity index (χ3v) is 5.93. The lowest BCUT2D eigenvalue weighted by Gasteiger charge is -2.09. The van der Waals surface area contributed by atoms with Crippen LogP contribution in [-0.4, -0.2) is 42.1 Å². The second-order valence-electron chi connectivity index (χ2n) is 8.01. The van der Waals surface area contributed by atoms with Crippen molar-refractivity contribution in [3.63, 3.8) is 0 Å². The number of anilines is 1. The molecule has 0 bridgehead atoms. The fourth-order valence-corrected chi connectivity index (χ4v) is 3.87. The average Bonchev–Trinajstić information content (AvgIpc) is 3.36. The third-order valence-electron chi connectivity index (χ3n) is 5.39. The van der Waals surface area contributed by atoms with Gasteiger partial charge in [0.25, 0.3) is 5.91 Å². The monoisotopic (exact) mass is 488 g/mol. The highest BCUT2D eigenvalue weighted by atomic mass is 32.2. The minimum atomic E-state index is -2.07. The van der Waals surface area contributed by atoms with Gasteiger partial charge in [-0.05, 0) is 53.9 Å².